The highest BCUT2D eigenvalue weighted by Crippen LogP contribution is 2.33. The molecule has 0 aromatic heterocycles. The molecule has 2 N–H and O–H groups in total. The summed E-state index contributed by atoms with van der Waals surface area (Å²) in [5, 5.41) is 0.808. The van der Waals surface area contributed by atoms with Crippen LogP contribution in [0, 0.1) is 0 Å². The van der Waals surface area contributed by atoms with Crippen molar-refractivity contribution in [2.45, 2.75) is 32.7 Å². The van der Waals surface area contributed by atoms with Gasteiger partial charge >= 0.3 is 0 Å². The lowest BCUT2D eigenvalue weighted by atomic mass is 10.1. The van der Waals surface area contributed by atoms with Gasteiger partial charge in [-0.3, -0.25) is 4.90 Å². The fourth-order valence-corrected chi connectivity index (χ4v) is 2.80. The Morgan fingerprint density at radius 1 is 1.37 bits per heavy atom. The molecule has 2 rings (SSSR count). The number of nitrogens with zero attached hydrogens (tertiary/aromatic N) is 1. The number of unbranched alkanes of at least 4 members (excludes halogenated alkanes) is 1. The number of hydrogen-bond acceptors (Lipinski definition) is 3. The van der Waals surface area contributed by atoms with Gasteiger partial charge in [-0.25, -0.2) is 0 Å². The second-order valence-corrected chi connectivity index (χ2v) is 5.51. The summed E-state index contributed by atoms with van der Waals surface area (Å²) in [6.45, 7) is 6.54. The van der Waals surface area contributed by atoms with Gasteiger partial charge in [-0.1, -0.05) is 24.9 Å². The van der Waals surface area contributed by atoms with E-state index in [-0.39, 0.29) is 0 Å². The molecule has 3 nitrogen and oxygen atoms in total. The first-order valence-electron chi connectivity index (χ1n) is 7.11. The van der Waals surface area contributed by atoms with Crippen LogP contribution in [0.2, 0.25) is 5.02 Å². The Morgan fingerprint density at radius 3 is 2.95 bits per heavy atom. The average molecular weight is 283 g/mol. The average Bonchev–Trinajstić information content (AvgIpc) is 2.84. The van der Waals surface area contributed by atoms with E-state index in [4.69, 9.17) is 22.1 Å². The predicted octanol–water partition coefficient (Wildman–Crippen LogP) is 2.84. The summed E-state index contributed by atoms with van der Waals surface area (Å²) in [7, 11) is 0. The summed E-state index contributed by atoms with van der Waals surface area (Å²) < 4.78 is 5.75. The summed E-state index contributed by atoms with van der Waals surface area (Å²) >= 11 is 6.19. The fourth-order valence-electron chi connectivity index (χ4n) is 2.54. The van der Waals surface area contributed by atoms with Crippen molar-refractivity contribution in [3.05, 3.63) is 28.3 Å². The molecule has 0 unspecified atom stereocenters. The molecular weight excluding hydrogens is 260 g/mol. The van der Waals surface area contributed by atoms with Crippen LogP contribution in [0.5, 0.6) is 5.75 Å². The van der Waals surface area contributed by atoms with Gasteiger partial charge in [0.25, 0.3) is 0 Å². The van der Waals surface area contributed by atoms with Gasteiger partial charge in [-0.2, -0.15) is 0 Å². The van der Waals surface area contributed by atoms with Crippen molar-refractivity contribution in [1.82, 2.24) is 4.90 Å². The number of rotatable bonds is 7. The van der Waals surface area contributed by atoms with Crippen LogP contribution in [0.1, 0.15) is 30.9 Å². The van der Waals surface area contributed by atoms with Gasteiger partial charge in [-0.15, -0.1) is 0 Å². The Hall–Kier alpha value is -0.770. The molecule has 0 saturated heterocycles. The molecule has 0 bridgehead atoms. The number of halogens is 1. The molecule has 0 fully saturated rings. The zero-order chi connectivity index (χ0) is 13.7. The first-order valence-corrected chi connectivity index (χ1v) is 7.49. The van der Waals surface area contributed by atoms with Crippen molar-refractivity contribution in [1.29, 1.82) is 0 Å². The fraction of sp³-hybridized carbons (Fsp3) is 0.600. The van der Waals surface area contributed by atoms with Crippen molar-refractivity contribution in [2.75, 3.05) is 26.2 Å². The number of nitrogens with two attached hydrogens (primary N) is 1. The van der Waals surface area contributed by atoms with E-state index in [0.717, 1.165) is 43.4 Å². The predicted molar refractivity (Wildman–Crippen MR) is 79.9 cm³/mol. The summed E-state index contributed by atoms with van der Waals surface area (Å²) in [5.41, 5.74) is 8.14. The Morgan fingerprint density at radius 2 is 2.21 bits per heavy atom. The van der Waals surface area contributed by atoms with Crippen molar-refractivity contribution in [3.8, 4) is 5.75 Å². The van der Waals surface area contributed by atoms with Crippen LogP contribution >= 0.6 is 11.6 Å². The van der Waals surface area contributed by atoms with Crippen LogP contribution in [0.3, 0.4) is 0 Å². The van der Waals surface area contributed by atoms with Gasteiger partial charge in [0.1, 0.15) is 5.75 Å². The van der Waals surface area contributed by atoms with Crippen molar-refractivity contribution >= 4 is 11.6 Å². The van der Waals surface area contributed by atoms with Gasteiger partial charge in [0.05, 0.1) is 6.61 Å². The maximum Gasteiger partial charge on any atom is 0.127 e. The second kappa shape index (κ2) is 7.13. The molecular formula is C15H23ClN2O. The third kappa shape index (κ3) is 3.85. The minimum Gasteiger partial charge on any atom is -0.493 e. The number of ether oxygens (including phenoxy) is 1. The quantitative estimate of drug-likeness (QED) is 0.836. The highest BCUT2D eigenvalue weighted by molar-refractivity contribution is 6.30. The molecule has 1 aromatic carbocycles. The molecule has 0 spiro atoms. The van der Waals surface area contributed by atoms with Gasteiger partial charge in [-0.05, 0) is 30.7 Å². The van der Waals surface area contributed by atoms with Crippen LogP contribution in [0.4, 0.5) is 0 Å². The number of hydrogen-bond donors (Lipinski definition) is 1. The molecule has 4 heteroatoms. The number of fused-ring (bicyclic) bond motifs is 1. The normalized spacial score (nSPS) is 13.7. The van der Waals surface area contributed by atoms with Crippen LogP contribution in [-0.2, 0) is 13.0 Å². The first-order chi connectivity index (χ1) is 9.24. The summed E-state index contributed by atoms with van der Waals surface area (Å²) in [5.74, 6) is 1.04. The minimum atomic E-state index is 0.688. The third-order valence-corrected chi connectivity index (χ3v) is 3.71. The van der Waals surface area contributed by atoms with E-state index in [2.05, 4.69) is 11.8 Å². The molecule has 0 radical (unpaired) electrons. The van der Waals surface area contributed by atoms with E-state index in [1.807, 2.05) is 12.1 Å². The smallest absolute Gasteiger partial charge is 0.127 e. The topological polar surface area (TPSA) is 38.5 Å². The van der Waals surface area contributed by atoms with Crippen molar-refractivity contribution in [3.63, 3.8) is 0 Å². The highest BCUT2D eigenvalue weighted by atomic mass is 35.5. The van der Waals surface area contributed by atoms with E-state index >= 15 is 0 Å². The van der Waals surface area contributed by atoms with E-state index in [9.17, 15) is 0 Å². The van der Waals surface area contributed by atoms with E-state index in [1.165, 1.54) is 24.0 Å². The zero-order valence-electron chi connectivity index (χ0n) is 11.6. The lowest BCUT2D eigenvalue weighted by molar-refractivity contribution is 0.262. The highest BCUT2D eigenvalue weighted by Gasteiger charge is 2.19. The van der Waals surface area contributed by atoms with Crippen LogP contribution in [0.15, 0.2) is 12.1 Å². The molecule has 0 atom stereocenters. The molecule has 1 heterocycles. The Balaban J connectivity index is 2.12. The molecule has 1 aliphatic heterocycles. The van der Waals surface area contributed by atoms with Gasteiger partial charge in [0.2, 0.25) is 0 Å². The molecule has 0 saturated carbocycles. The van der Waals surface area contributed by atoms with E-state index in [1.54, 1.807) is 0 Å². The maximum absolute atomic E-state index is 6.19. The Bertz CT molecular complexity index is 423. The molecule has 106 valence electrons. The molecule has 1 aromatic rings. The minimum absolute atomic E-state index is 0.688. The van der Waals surface area contributed by atoms with Crippen molar-refractivity contribution < 1.29 is 4.74 Å². The van der Waals surface area contributed by atoms with E-state index in [0.29, 0.717) is 6.54 Å². The summed E-state index contributed by atoms with van der Waals surface area (Å²) in [6, 6.07) is 4.05. The summed E-state index contributed by atoms with van der Waals surface area (Å²) in [4.78, 5) is 2.39. The van der Waals surface area contributed by atoms with Crippen molar-refractivity contribution in [2.24, 2.45) is 5.73 Å². The van der Waals surface area contributed by atoms with Gasteiger partial charge < -0.3 is 10.5 Å². The lowest BCUT2D eigenvalue weighted by Gasteiger charge is -2.22. The molecule has 0 amide bonds. The lowest BCUT2D eigenvalue weighted by Crippen LogP contribution is -2.30. The van der Waals surface area contributed by atoms with Gasteiger partial charge in [0.15, 0.2) is 0 Å². The summed E-state index contributed by atoms with van der Waals surface area (Å²) in [6.07, 6.45) is 3.36. The Kier molecular flexibility index (Phi) is 5.49. The SMILES string of the molecule is CCCCN(CCN)Cc1cc(Cl)cc2c1OCC2. The zero-order valence-corrected chi connectivity index (χ0v) is 12.4. The molecule has 1 aliphatic rings. The monoisotopic (exact) mass is 282 g/mol. The first kappa shape index (κ1) is 14.6. The Labute approximate surface area is 120 Å². The second-order valence-electron chi connectivity index (χ2n) is 5.07. The number of benzene rings is 1. The van der Waals surface area contributed by atoms with Crippen LogP contribution in [-0.4, -0.2) is 31.1 Å². The largest absolute Gasteiger partial charge is 0.493 e. The van der Waals surface area contributed by atoms with Crippen LogP contribution < -0.4 is 10.5 Å². The maximum atomic E-state index is 6.19. The van der Waals surface area contributed by atoms with Gasteiger partial charge in [0, 0.05) is 36.6 Å². The molecule has 19 heavy (non-hydrogen) atoms. The third-order valence-electron chi connectivity index (χ3n) is 3.49. The van der Waals surface area contributed by atoms with E-state index < -0.39 is 0 Å². The molecule has 0 aliphatic carbocycles. The van der Waals surface area contributed by atoms with Crippen LogP contribution in [0.25, 0.3) is 0 Å². The standard InChI is InChI=1S/C15H23ClN2O/c1-2-3-6-18(7-5-17)11-13-10-14(16)9-12-4-8-19-15(12)13/h9-10H,2-8,11,17H2,1H3.